The van der Waals surface area contributed by atoms with E-state index >= 15 is 0 Å². The number of aryl methyl sites for hydroxylation is 2. The summed E-state index contributed by atoms with van der Waals surface area (Å²) in [6.07, 6.45) is -4.70. The molecule has 0 atom stereocenters. The molecule has 1 aliphatic rings. The van der Waals surface area contributed by atoms with E-state index in [1.165, 1.54) is 28.2 Å². The van der Waals surface area contributed by atoms with Crippen molar-refractivity contribution in [2.45, 2.75) is 33.0 Å². The zero-order chi connectivity index (χ0) is 33.8. The van der Waals surface area contributed by atoms with Gasteiger partial charge in [0, 0.05) is 40.3 Å². The largest absolute Gasteiger partial charge is 0.491 e. The molecule has 6 rings (SSSR count). The third kappa shape index (κ3) is 6.04. The van der Waals surface area contributed by atoms with Gasteiger partial charge in [0.2, 0.25) is 0 Å². The van der Waals surface area contributed by atoms with Gasteiger partial charge >= 0.3 is 12.1 Å². The monoisotopic (exact) mass is 681 g/mol. The second-order valence-corrected chi connectivity index (χ2v) is 12.9. The van der Waals surface area contributed by atoms with Crippen molar-refractivity contribution in [1.82, 2.24) is 19.4 Å². The third-order valence-corrected chi connectivity index (χ3v) is 9.52. The summed E-state index contributed by atoms with van der Waals surface area (Å²) < 4.78 is 50.6. The second-order valence-electron chi connectivity index (χ2n) is 11.6. The average molecular weight is 682 g/mol. The van der Waals surface area contributed by atoms with Crippen LogP contribution < -0.4 is 10.3 Å². The Hall–Kier alpha value is -4.51. The number of alkyl halides is 3. The molecule has 4 heterocycles. The Balaban J connectivity index is 1.37. The summed E-state index contributed by atoms with van der Waals surface area (Å²) >= 11 is 7.59. The molecular weight excluding hydrogens is 655 g/mol. The van der Waals surface area contributed by atoms with Crippen LogP contribution in [0.25, 0.3) is 32.2 Å². The Bertz CT molecular complexity index is 2180. The number of hydrogen-bond donors (Lipinski definition) is 1. The number of halogens is 4. The average Bonchev–Trinajstić information content (AvgIpc) is 3.41. The molecule has 2 aromatic carbocycles. The Kier molecular flexibility index (Phi) is 8.46. The number of ether oxygens (including phenoxy) is 1. The lowest BCUT2D eigenvalue weighted by molar-refractivity contribution is -0.138. The molecule has 3 aromatic heterocycles. The van der Waals surface area contributed by atoms with Crippen molar-refractivity contribution in [3.8, 4) is 22.9 Å². The third-order valence-electron chi connectivity index (χ3n) is 8.28. The molecule has 0 unspecified atom stereocenters. The predicted molar refractivity (Wildman–Crippen MR) is 172 cm³/mol. The number of aromatic nitrogens is 3. The van der Waals surface area contributed by atoms with E-state index in [0.29, 0.717) is 50.9 Å². The number of pyridine rings is 1. The molecule has 14 heteroatoms. The fourth-order valence-electron chi connectivity index (χ4n) is 6.20. The lowest BCUT2D eigenvalue weighted by Gasteiger charge is -2.37. The van der Waals surface area contributed by atoms with Crippen molar-refractivity contribution in [3.05, 3.63) is 84.9 Å². The van der Waals surface area contributed by atoms with Crippen LogP contribution in [0, 0.1) is 31.1 Å². The first-order valence-electron chi connectivity index (χ1n) is 14.5. The quantitative estimate of drug-likeness (QED) is 0.192. The van der Waals surface area contributed by atoms with E-state index in [0.717, 1.165) is 6.07 Å². The van der Waals surface area contributed by atoms with Crippen molar-refractivity contribution in [1.29, 1.82) is 5.26 Å². The van der Waals surface area contributed by atoms with Crippen molar-refractivity contribution in [3.63, 3.8) is 0 Å². The van der Waals surface area contributed by atoms with Gasteiger partial charge in [-0.3, -0.25) is 14.3 Å². The van der Waals surface area contributed by atoms with E-state index < -0.39 is 23.3 Å². The van der Waals surface area contributed by atoms with Crippen LogP contribution in [0.1, 0.15) is 38.6 Å². The summed E-state index contributed by atoms with van der Waals surface area (Å²) in [6, 6.07) is 9.57. The minimum atomic E-state index is -4.73. The number of benzene rings is 2. The molecule has 0 radical (unpaired) electrons. The lowest BCUT2D eigenvalue weighted by atomic mass is 9.86. The first kappa shape index (κ1) is 32.4. The smallest absolute Gasteiger partial charge is 0.416 e. The topological polar surface area (TPSA) is 121 Å². The van der Waals surface area contributed by atoms with Crippen LogP contribution in [-0.2, 0) is 19.1 Å². The first-order valence-corrected chi connectivity index (χ1v) is 15.8. The fraction of sp³-hybridized carbons (Fsp3) is 0.303. The predicted octanol–water partition coefficient (Wildman–Crippen LogP) is 6.72. The highest BCUT2D eigenvalue weighted by Gasteiger charge is 2.38. The molecule has 47 heavy (non-hydrogen) atoms. The number of fused-ring (bicyclic) bond motifs is 2. The molecule has 0 spiro atoms. The Labute approximate surface area is 275 Å². The molecule has 1 aliphatic heterocycles. The maximum Gasteiger partial charge on any atom is 0.416 e. The number of aromatic carboxylic acids is 1. The number of nitriles is 1. The number of carboxylic acid groups (broad SMARTS) is 1. The molecule has 5 aromatic rings. The van der Waals surface area contributed by atoms with Gasteiger partial charge in [-0.05, 0) is 69.1 Å². The Morgan fingerprint density at radius 1 is 1.19 bits per heavy atom. The van der Waals surface area contributed by atoms with Gasteiger partial charge in [-0.2, -0.15) is 18.4 Å². The van der Waals surface area contributed by atoms with E-state index in [4.69, 9.17) is 16.3 Å². The lowest BCUT2D eigenvalue weighted by Crippen LogP contribution is -2.45. The van der Waals surface area contributed by atoms with Gasteiger partial charge in [0.15, 0.2) is 0 Å². The zero-order valence-electron chi connectivity index (χ0n) is 25.4. The van der Waals surface area contributed by atoms with Gasteiger partial charge in [-0.25, -0.2) is 9.78 Å². The van der Waals surface area contributed by atoms with E-state index in [1.807, 2.05) is 24.1 Å². The highest BCUT2D eigenvalue weighted by Crippen LogP contribution is 2.41. The van der Waals surface area contributed by atoms with Crippen LogP contribution in [0.5, 0.6) is 5.75 Å². The Morgan fingerprint density at radius 3 is 2.60 bits per heavy atom. The van der Waals surface area contributed by atoms with Crippen LogP contribution in [0.2, 0.25) is 5.02 Å². The summed E-state index contributed by atoms with van der Waals surface area (Å²) in [5, 5.41) is 21.5. The minimum absolute atomic E-state index is 0.0166. The van der Waals surface area contributed by atoms with Gasteiger partial charge in [0.25, 0.3) is 5.56 Å². The number of thiophene rings is 1. The van der Waals surface area contributed by atoms with Gasteiger partial charge in [0.05, 0.1) is 44.4 Å². The summed E-state index contributed by atoms with van der Waals surface area (Å²) in [4.78, 5) is 36.3. The van der Waals surface area contributed by atoms with E-state index in [-0.39, 0.29) is 58.9 Å². The molecule has 0 saturated carbocycles. The standard InChI is InChI=1S/C33H27ClF3N5O4S/c1-16-8-22(30-29(39-16)24(15-47-30)32(44)45)21-10-19(34)4-5-27(21)46-7-6-42-17(2)40-26-11-25(33(35,36)37)20(9-18-13-41(3)14-18)23(12-38)28(26)31(42)43/h4-5,8,10-11,15,18H,6-7,9,13-14H2,1-3H3,(H,44,45). The molecule has 1 N–H and O–H groups in total. The summed E-state index contributed by atoms with van der Waals surface area (Å²) in [5.41, 5.74) is 0.0463. The highest BCUT2D eigenvalue weighted by atomic mass is 35.5. The summed E-state index contributed by atoms with van der Waals surface area (Å²) in [5.74, 6) is -0.585. The maximum absolute atomic E-state index is 14.2. The number of likely N-dealkylation sites (tertiary alicyclic amines) is 1. The molecule has 0 aliphatic carbocycles. The van der Waals surface area contributed by atoms with Crippen LogP contribution in [0.4, 0.5) is 13.2 Å². The molecule has 1 fully saturated rings. The van der Waals surface area contributed by atoms with Gasteiger partial charge in [-0.1, -0.05) is 11.6 Å². The second kappa shape index (κ2) is 12.3. The number of carbonyl (C=O) groups is 1. The van der Waals surface area contributed by atoms with Gasteiger partial charge in [0.1, 0.15) is 24.3 Å². The fourth-order valence-corrected chi connectivity index (χ4v) is 7.39. The maximum atomic E-state index is 14.2. The van der Waals surface area contributed by atoms with E-state index in [1.54, 1.807) is 25.1 Å². The van der Waals surface area contributed by atoms with Gasteiger partial charge < -0.3 is 14.7 Å². The SMILES string of the molecule is Cc1cc(-c2cc(Cl)ccc2OCCn2c(C)nc3cc(C(F)(F)F)c(CC4CN(C)C4)c(C#N)c3c2=O)c2scc(C(=O)O)c2n1. The normalized spacial score (nSPS) is 14.0. The van der Waals surface area contributed by atoms with Crippen molar-refractivity contribution >= 4 is 50.0 Å². The number of hydrogen-bond acceptors (Lipinski definition) is 8. The van der Waals surface area contributed by atoms with Crippen LogP contribution in [-0.4, -0.2) is 57.3 Å². The number of nitrogens with zero attached hydrogens (tertiary/aromatic N) is 5. The van der Waals surface area contributed by atoms with Crippen LogP contribution in [0.3, 0.4) is 0 Å². The van der Waals surface area contributed by atoms with Crippen molar-refractivity contribution in [2.75, 3.05) is 26.7 Å². The van der Waals surface area contributed by atoms with Gasteiger partial charge in [-0.15, -0.1) is 11.3 Å². The van der Waals surface area contributed by atoms with Crippen LogP contribution in [0.15, 0.2) is 40.5 Å². The molecule has 0 bridgehead atoms. The summed E-state index contributed by atoms with van der Waals surface area (Å²) in [6.45, 7) is 4.40. The summed E-state index contributed by atoms with van der Waals surface area (Å²) in [7, 11) is 1.86. The minimum Gasteiger partial charge on any atom is -0.491 e. The molecule has 242 valence electrons. The number of carboxylic acids is 1. The first-order chi connectivity index (χ1) is 22.3. The number of rotatable bonds is 8. The zero-order valence-corrected chi connectivity index (χ0v) is 27.0. The molecule has 0 amide bonds. The van der Waals surface area contributed by atoms with Crippen LogP contribution >= 0.6 is 22.9 Å². The van der Waals surface area contributed by atoms with Crippen molar-refractivity contribution < 1.29 is 27.8 Å². The molecule has 1 saturated heterocycles. The van der Waals surface area contributed by atoms with Crippen molar-refractivity contribution in [2.24, 2.45) is 5.92 Å². The van der Waals surface area contributed by atoms with E-state index in [9.17, 15) is 33.1 Å². The molecule has 9 nitrogen and oxygen atoms in total. The highest BCUT2D eigenvalue weighted by molar-refractivity contribution is 7.18. The van der Waals surface area contributed by atoms with E-state index in [2.05, 4.69) is 9.97 Å². The Morgan fingerprint density at radius 2 is 1.94 bits per heavy atom. The molecular formula is C33H27ClF3N5O4S.